The zero-order valence-electron chi connectivity index (χ0n) is 6.33. The molecule has 1 unspecified atom stereocenters. The monoisotopic (exact) mass is 192 g/mol. The van der Waals surface area contributed by atoms with Gasteiger partial charge in [-0.05, 0) is 6.42 Å². The SMILES string of the molecule is O=CC(Cl)CCC(=O)CC(=O)O. The lowest BCUT2D eigenvalue weighted by Crippen LogP contribution is -2.09. The fourth-order valence-electron chi connectivity index (χ4n) is 0.624. The Kier molecular flexibility index (Phi) is 5.28. The lowest BCUT2D eigenvalue weighted by Gasteiger charge is -1.98. The third-order valence-electron chi connectivity index (χ3n) is 1.20. The Hall–Kier alpha value is -0.900. The van der Waals surface area contributed by atoms with Crippen molar-refractivity contribution in [2.24, 2.45) is 0 Å². The van der Waals surface area contributed by atoms with Crippen molar-refractivity contribution in [3.8, 4) is 0 Å². The molecule has 4 nitrogen and oxygen atoms in total. The average Bonchev–Trinajstić information content (AvgIpc) is 1.99. The average molecular weight is 193 g/mol. The van der Waals surface area contributed by atoms with E-state index in [2.05, 4.69) is 0 Å². The Morgan fingerprint density at radius 1 is 1.50 bits per heavy atom. The van der Waals surface area contributed by atoms with Gasteiger partial charge in [0, 0.05) is 6.42 Å². The summed E-state index contributed by atoms with van der Waals surface area (Å²) in [4.78, 5) is 30.7. The van der Waals surface area contributed by atoms with Crippen LogP contribution in [0.5, 0.6) is 0 Å². The standard InChI is InChI=1S/C7H9ClO4/c8-5(4-9)1-2-6(10)3-7(11)12/h4-5H,1-3H2,(H,11,12). The summed E-state index contributed by atoms with van der Waals surface area (Å²) in [6.07, 6.45) is 0.272. The minimum atomic E-state index is -1.16. The van der Waals surface area contributed by atoms with Crippen LogP contribution in [-0.2, 0) is 14.4 Å². The molecule has 0 amide bonds. The van der Waals surface area contributed by atoms with Gasteiger partial charge in [-0.2, -0.15) is 0 Å². The predicted molar refractivity (Wildman–Crippen MR) is 42.2 cm³/mol. The molecule has 0 heterocycles. The summed E-state index contributed by atoms with van der Waals surface area (Å²) >= 11 is 5.38. The van der Waals surface area contributed by atoms with Crippen molar-refractivity contribution in [3.05, 3.63) is 0 Å². The van der Waals surface area contributed by atoms with E-state index in [1.807, 2.05) is 0 Å². The van der Waals surface area contributed by atoms with E-state index in [4.69, 9.17) is 16.7 Å². The summed E-state index contributed by atoms with van der Waals surface area (Å²) in [5, 5.41) is 7.49. The highest BCUT2D eigenvalue weighted by atomic mass is 35.5. The van der Waals surface area contributed by atoms with Crippen molar-refractivity contribution in [2.45, 2.75) is 24.6 Å². The van der Waals surface area contributed by atoms with E-state index in [1.54, 1.807) is 0 Å². The van der Waals surface area contributed by atoms with Gasteiger partial charge in [0.1, 0.15) is 18.5 Å². The maximum Gasteiger partial charge on any atom is 0.310 e. The minimum absolute atomic E-state index is 0.0409. The van der Waals surface area contributed by atoms with Crippen LogP contribution in [-0.4, -0.2) is 28.5 Å². The lowest BCUT2D eigenvalue weighted by atomic mass is 10.1. The smallest absolute Gasteiger partial charge is 0.310 e. The highest BCUT2D eigenvalue weighted by Gasteiger charge is 2.10. The molecule has 1 atom stereocenters. The molecule has 0 aliphatic rings. The van der Waals surface area contributed by atoms with Crippen LogP contribution in [0.25, 0.3) is 0 Å². The first-order valence-electron chi connectivity index (χ1n) is 3.39. The van der Waals surface area contributed by atoms with Crippen molar-refractivity contribution < 1.29 is 19.5 Å². The molecule has 0 saturated heterocycles. The summed E-state index contributed by atoms with van der Waals surface area (Å²) in [5.74, 6) is -1.56. The Labute approximate surface area is 74.5 Å². The van der Waals surface area contributed by atoms with Gasteiger partial charge in [0.2, 0.25) is 0 Å². The maximum atomic E-state index is 10.7. The molecule has 68 valence electrons. The zero-order chi connectivity index (χ0) is 9.56. The number of carboxylic acids is 1. The molecule has 1 N–H and O–H groups in total. The van der Waals surface area contributed by atoms with Crippen LogP contribution in [0.2, 0.25) is 0 Å². The van der Waals surface area contributed by atoms with Gasteiger partial charge in [-0.15, -0.1) is 11.6 Å². The van der Waals surface area contributed by atoms with E-state index in [0.29, 0.717) is 6.29 Å². The lowest BCUT2D eigenvalue weighted by molar-refractivity contribution is -0.140. The van der Waals surface area contributed by atoms with Gasteiger partial charge in [-0.3, -0.25) is 9.59 Å². The van der Waals surface area contributed by atoms with Crippen LogP contribution in [0.4, 0.5) is 0 Å². The molecule has 12 heavy (non-hydrogen) atoms. The van der Waals surface area contributed by atoms with E-state index < -0.39 is 23.6 Å². The van der Waals surface area contributed by atoms with Crippen molar-refractivity contribution in [2.75, 3.05) is 0 Å². The highest BCUT2D eigenvalue weighted by Crippen LogP contribution is 2.04. The van der Waals surface area contributed by atoms with Gasteiger partial charge in [-0.25, -0.2) is 0 Å². The van der Waals surface area contributed by atoms with Gasteiger partial charge < -0.3 is 9.90 Å². The second-order valence-electron chi connectivity index (χ2n) is 2.30. The van der Waals surface area contributed by atoms with Crippen LogP contribution in [0.3, 0.4) is 0 Å². The molecule has 0 aliphatic heterocycles. The normalized spacial score (nSPS) is 12.1. The number of hydrogen-bond donors (Lipinski definition) is 1. The number of ketones is 1. The number of carboxylic acid groups (broad SMARTS) is 1. The molecule has 0 aromatic heterocycles. The molecule has 0 saturated carbocycles. The first kappa shape index (κ1) is 11.1. The van der Waals surface area contributed by atoms with Crippen molar-refractivity contribution in [3.63, 3.8) is 0 Å². The van der Waals surface area contributed by atoms with E-state index in [0.717, 1.165) is 0 Å². The Morgan fingerprint density at radius 3 is 2.50 bits per heavy atom. The number of halogens is 1. The Bertz CT molecular complexity index is 190. The Morgan fingerprint density at radius 2 is 2.08 bits per heavy atom. The number of alkyl halides is 1. The van der Waals surface area contributed by atoms with Crippen LogP contribution in [0, 0.1) is 0 Å². The fourth-order valence-corrected chi connectivity index (χ4v) is 0.733. The largest absolute Gasteiger partial charge is 0.481 e. The molecule has 0 radical (unpaired) electrons. The first-order valence-corrected chi connectivity index (χ1v) is 3.82. The van der Waals surface area contributed by atoms with Crippen LogP contribution in [0.15, 0.2) is 0 Å². The van der Waals surface area contributed by atoms with Crippen molar-refractivity contribution in [1.29, 1.82) is 0 Å². The molecule has 0 bridgehead atoms. The summed E-state index contributed by atoms with van der Waals surface area (Å²) in [6.45, 7) is 0. The highest BCUT2D eigenvalue weighted by molar-refractivity contribution is 6.27. The van der Waals surface area contributed by atoms with Gasteiger partial charge in [0.15, 0.2) is 0 Å². The molecule has 0 fully saturated rings. The van der Waals surface area contributed by atoms with Crippen LogP contribution in [0.1, 0.15) is 19.3 Å². The number of carbonyl (C=O) groups is 3. The van der Waals surface area contributed by atoms with Crippen LogP contribution < -0.4 is 0 Å². The number of hydrogen-bond acceptors (Lipinski definition) is 3. The second kappa shape index (κ2) is 5.71. The molecular weight excluding hydrogens is 184 g/mol. The van der Waals surface area contributed by atoms with Crippen molar-refractivity contribution >= 4 is 29.6 Å². The summed E-state index contributed by atoms with van der Waals surface area (Å²) in [6, 6.07) is 0. The molecule has 5 heteroatoms. The Balaban J connectivity index is 3.57. The van der Waals surface area contributed by atoms with Gasteiger partial charge >= 0.3 is 5.97 Å². The first-order chi connectivity index (χ1) is 5.56. The maximum absolute atomic E-state index is 10.7. The molecule has 0 aliphatic carbocycles. The van der Waals surface area contributed by atoms with Crippen molar-refractivity contribution in [1.82, 2.24) is 0 Å². The molecule has 0 spiro atoms. The predicted octanol–water partition coefficient (Wildman–Crippen LogP) is 0.617. The second-order valence-corrected chi connectivity index (χ2v) is 2.86. The fraction of sp³-hybridized carbons (Fsp3) is 0.571. The van der Waals surface area contributed by atoms with Crippen LogP contribution >= 0.6 is 11.6 Å². The van der Waals surface area contributed by atoms with E-state index >= 15 is 0 Å². The number of aldehydes is 1. The van der Waals surface area contributed by atoms with E-state index in [-0.39, 0.29) is 12.8 Å². The van der Waals surface area contributed by atoms with E-state index in [9.17, 15) is 14.4 Å². The minimum Gasteiger partial charge on any atom is -0.481 e. The molecule has 0 aromatic carbocycles. The number of carbonyl (C=O) groups excluding carboxylic acids is 2. The quantitative estimate of drug-likeness (QED) is 0.380. The summed E-state index contributed by atoms with van der Waals surface area (Å²) in [7, 11) is 0. The number of rotatable bonds is 6. The van der Waals surface area contributed by atoms with Gasteiger partial charge in [0.05, 0.1) is 5.38 Å². The molecule has 0 rings (SSSR count). The molecule has 0 aromatic rings. The number of aliphatic carboxylic acids is 1. The number of Topliss-reactive ketones (excluding diaryl/α,β-unsaturated/α-hetero) is 1. The summed E-state index contributed by atoms with van der Waals surface area (Å²) < 4.78 is 0. The van der Waals surface area contributed by atoms with Gasteiger partial charge in [-0.1, -0.05) is 0 Å². The summed E-state index contributed by atoms with van der Waals surface area (Å²) in [5.41, 5.74) is 0. The van der Waals surface area contributed by atoms with Gasteiger partial charge in [0.25, 0.3) is 0 Å². The zero-order valence-corrected chi connectivity index (χ0v) is 7.08. The third-order valence-corrected chi connectivity index (χ3v) is 1.52. The molecular formula is C7H9ClO4. The van der Waals surface area contributed by atoms with E-state index in [1.165, 1.54) is 0 Å². The third kappa shape index (κ3) is 5.85. The topological polar surface area (TPSA) is 71.4 Å².